The predicted molar refractivity (Wildman–Crippen MR) is 124 cm³/mol. The first kappa shape index (κ1) is 22.0. The van der Waals surface area contributed by atoms with Gasteiger partial charge in [0, 0.05) is 5.56 Å². The van der Waals surface area contributed by atoms with Crippen molar-refractivity contribution in [2.75, 3.05) is 11.5 Å². The standard InChI is InChI=1S/C24H24O2S2/c1-3-27-24(28-4-2)22(23(26)20-16-9-6-10-17-20)21(25)18-12-11-15-19-13-7-5-8-14-19/h5-18H,3-4H2,1-2H3/b15-11+,18-12+. The largest absolute Gasteiger partial charge is 0.289 e. The lowest BCUT2D eigenvalue weighted by Gasteiger charge is -2.11. The average Bonchev–Trinajstić information content (AvgIpc) is 2.73. The van der Waals surface area contributed by atoms with E-state index in [0.717, 1.165) is 21.3 Å². The second-order valence-electron chi connectivity index (χ2n) is 5.72. The zero-order valence-corrected chi connectivity index (χ0v) is 17.8. The van der Waals surface area contributed by atoms with Gasteiger partial charge in [-0.3, -0.25) is 9.59 Å². The van der Waals surface area contributed by atoms with Crippen LogP contribution in [0, 0.1) is 0 Å². The van der Waals surface area contributed by atoms with E-state index >= 15 is 0 Å². The van der Waals surface area contributed by atoms with Crippen molar-refractivity contribution in [2.45, 2.75) is 13.8 Å². The summed E-state index contributed by atoms with van der Waals surface area (Å²) in [6.07, 6.45) is 6.91. The van der Waals surface area contributed by atoms with Gasteiger partial charge in [0.2, 0.25) is 0 Å². The first-order valence-electron chi connectivity index (χ1n) is 9.21. The lowest BCUT2D eigenvalue weighted by molar-refractivity contribution is -0.111. The number of thioether (sulfide) groups is 2. The number of ketones is 2. The monoisotopic (exact) mass is 408 g/mol. The molecule has 4 heteroatoms. The number of hydrogen-bond acceptors (Lipinski definition) is 4. The van der Waals surface area contributed by atoms with Gasteiger partial charge in [-0.15, -0.1) is 23.5 Å². The molecule has 0 aliphatic rings. The Labute approximate surface area is 175 Å². The maximum Gasteiger partial charge on any atom is 0.198 e. The summed E-state index contributed by atoms with van der Waals surface area (Å²) in [5.74, 6) is 1.13. The molecule has 0 N–H and O–H groups in total. The molecule has 0 radical (unpaired) electrons. The van der Waals surface area contributed by atoms with Crippen LogP contribution < -0.4 is 0 Å². The molecule has 2 nitrogen and oxygen atoms in total. The van der Waals surface area contributed by atoms with Crippen LogP contribution in [0.2, 0.25) is 0 Å². The highest BCUT2D eigenvalue weighted by Gasteiger charge is 2.23. The van der Waals surface area contributed by atoms with Gasteiger partial charge in [0.05, 0.1) is 9.81 Å². The van der Waals surface area contributed by atoms with Crippen molar-refractivity contribution in [1.82, 2.24) is 0 Å². The molecule has 0 saturated heterocycles. The van der Waals surface area contributed by atoms with E-state index in [1.807, 2.05) is 74.5 Å². The molecular formula is C24H24O2S2. The van der Waals surface area contributed by atoms with Crippen molar-refractivity contribution in [3.8, 4) is 0 Å². The molecule has 0 aliphatic carbocycles. The second-order valence-corrected chi connectivity index (χ2v) is 8.52. The van der Waals surface area contributed by atoms with Crippen LogP contribution in [0.15, 0.2) is 88.7 Å². The smallest absolute Gasteiger partial charge is 0.198 e. The number of hydrogen-bond donors (Lipinski definition) is 0. The Morgan fingerprint density at radius 3 is 1.96 bits per heavy atom. The van der Waals surface area contributed by atoms with Gasteiger partial charge in [-0.05, 0) is 23.1 Å². The summed E-state index contributed by atoms with van der Waals surface area (Å²) in [6.45, 7) is 4.04. The zero-order chi connectivity index (χ0) is 20.2. The average molecular weight is 409 g/mol. The number of Topliss-reactive ketones (excluding diaryl/α,β-unsaturated/α-hetero) is 1. The highest BCUT2D eigenvalue weighted by atomic mass is 32.2. The van der Waals surface area contributed by atoms with Crippen LogP contribution >= 0.6 is 23.5 Å². The first-order valence-corrected chi connectivity index (χ1v) is 11.2. The molecule has 0 bridgehead atoms. The maximum absolute atomic E-state index is 13.1. The molecule has 2 rings (SSSR count). The van der Waals surface area contributed by atoms with Gasteiger partial charge in [0.15, 0.2) is 11.6 Å². The molecule has 0 amide bonds. The van der Waals surface area contributed by atoms with Crippen molar-refractivity contribution in [2.24, 2.45) is 0 Å². The number of carbonyl (C=O) groups is 2. The Kier molecular flexibility index (Phi) is 9.60. The van der Waals surface area contributed by atoms with Crippen molar-refractivity contribution >= 4 is 41.2 Å². The van der Waals surface area contributed by atoms with E-state index in [1.54, 1.807) is 41.7 Å². The molecule has 144 valence electrons. The lowest BCUT2D eigenvalue weighted by atomic mass is 10.0. The summed E-state index contributed by atoms with van der Waals surface area (Å²) in [5, 5.41) is 0. The molecule has 2 aromatic carbocycles. The maximum atomic E-state index is 13.1. The molecule has 0 unspecified atom stereocenters. The van der Waals surface area contributed by atoms with Gasteiger partial charge < -0.3 is 0 Å². The Balaban J connectivity index is 2.30. The van der Waals surface area contributed by atoms with E-state index in [0.29, 0.717) is 5.56 Å². The zero-order valence-electron chi connectivity index (χ0n) is 16.1. The summed E-state index contributed by atoms with van der Waals surface area (Å²) < 4.78 is 0.792. The van der Waals surface area contributed by atoms with Crippen LogP contribution in [0.4, 0.5) is 0 Å². The minimum atomic E-state index is -0.261. The highest BCUT2D eigenvalue weighted by Crippen LogP contribution is 2.33. The third-order valence-electron chi connectivity index (χ3n) is 3.71. The molecule has 0 heterocycles. The topological polar surface area (TPSA) is 34.1 Å². The van der Waals surface area contributed by atoms with Gasteiger partial charge in [0.1, 0.15) is 0 Å². The van der Waals surface area contributed by atoms with E-state index in [1.165, 1.54) is 6.08 Å². The van der Waals surface area contributed by atoms with Gasteiger partial charge in [-0.2, -0.15) is 0 Å². The van der Waals surface area contributed by atoms with Crippen LogP contribution in [0.5, 0.6) is 0 Å². The SMILES string of the molecule is CCSC(SCC)=C(C(=O)/C=C/C=C/c1ccccc1)C(=O)c1ccccc1. The third-order valence-corrected chi connectivity index (χ3v) is 5.93. The molecular weight excluding hydrogens is 384 g/mol. The molecule has 0 fully saturated rings. The number of allylic oxidation sites excluding steroid dienone is 4. The van der Waals surface area contributed by atoms with Crippen molar-refractivity contribution < 1.29 is 9.59 Å². The molecule has 2 aromatic rings. The molecule has 0 aliphatic heterocycles. The number of carbonyl (C=O) groups excluding carboxylic acids is 2. The normalized spacial score (nSPS) is 11.1. The van der Waals surface area contributed by atoms with Crippen molar-refractivity contribution in [3.63, 3.8) is 0 Å². The summed E-state index contributed by atoms with van der Waals surface area (Å²) in [5.41, 5.74) is 1.85. The van der Waals surface area contributed by atoms with Gasteiger partial charge in [0.25, 0.3) is 0 Å². The fraction of sp³-hybridized carbons (Fsp3) is 0.167. The predicted octanol–water partition coefficient (Wildman–Crippen LogP) is 6.43. The minimum Gasteiger partial charge on any atom is -0.289 e. The van der Waals surface area contributed by atoms with E-state index in [9.17, 15) is 9.59 Å². The van der Waals surface area contributed by atoms with E-state index in [4.69, 9.17) is 0 Å². The Bertz CT molecular complexity index is 858. The van der Waals surface area contributed by atoms with Gasteiger partial charge in [-0.1, -0.05) is 92.7 Å². The van der Waals surface area contributed by atoms with Crippen LogP contribution in [0.1, 0.15) is 29.8 Å². The van der Waals surface area contributed by atoms with Gasteiger partial charge >= 0.3 is 0 Å². The third kappa shape index (κ3) is 6.70. The summed E-state index contributed by atoms with van der Waals surface area (Å²) in [6, 6.07) is 18.8. The van der Waals surface area contributed by atoms with Crippen LogP contribution in [0.25, 0.3) is 6.08 Å². The lowest BCUT2D eigenvalue weighted by Crippen LogP contribution is -2.13. The molecule has 0 spiro atoms. The van der Waals surface area contributed by atoms with Crippen molar-refractivity contribution in [3.05, 3.63) is 99.8 Å². The van der Waals surface area contributed by atoms with E-state index < -0.39 is 0 Å². The summed E-state index contributed by atoms with van der Waals surface area (Å²) in [7, 11) is 0. The highest BCUT2D eigenvalue weighted by molar-refractivity contribution is 8.22. The van der Waals surface area contributed by atoms with E-state index in [2.05, 4.69) is 0 Å². The fourth-order valence-electron chi connectivity index (χ4n) is 2.44. The van der Waals surface area contributed by atoms with Crippen LogP contribution in [0.3, 0.4) is 0 Å². The summed E-state index contributed by atoms with van der Waals surface area (Å²) in [4.78, 5) is 26.0. The quantitative estimate of drug-likeness (QED) is 0.149. The van der Waals surface area contributed by atoms with Crippen LogP contribution in [-0.4, -0.2) is 23.1 Å². The second kappa shape index (κ2) is 12.2. The minimum absolute atomic E-state index is 0.223. The van der Waals surface area contributed by atoms with Gasteiger partial charge in [-0.25, -0.2) is 0 Å². The Morgan fingerprint density at radius 1 is 0.821 bits per heavy atom. The Morgan fingerprint density at radius 2 is 1.39 bits per heavy atom. The van der Waals surface area contributed by atoms with Crippen LogP contribution in [-0.2, 0) is 4.79 Å². The number of benzene rings is 2. The molecule has 0 atom stereocenters. The molecule has 0 aromatic heterocycles. The first-order chi connectivity index (χ1) is 13.7. The number of rotatable bonds is 10. The summed E-state index contributed by atoms with van der Waals surface area (Å²) >= 11 is 3.09. The van der Waals surface area contributed by atoms with E-state index in [-0.39, 0.29) is 17.1 Å². The molecule has 0 saturated carbocycles. The fourth-order valence-corrected chi connectivity index (χ4v) is 4.68. The molecule has 28 heavy (non-hydrogen) atoms. The Hall–Kier alpha value is -2.30. The van der Waals surface area contributed by atoms with Crippen molar-refractivity contribution in [1.29, 1.82) is 0 Å².